The zero-order valence-electron chi connectivity index (χ0n) is 17.7. The average molecular weight is 483 g/mol. The van der Waals surface area contributed by atoms with Crippen LogP contribution in [0.3, 0.4) is 0 Å². The van der Waals surface area contributed by atoms with Gasteiger partial charge in [0.2, 0.25) is 10.0 Å². The zero-order chi connectivity index (χ0) is 23.0. The minimum absolute atomic E-state index is 0.0326. The lowest BCUT2D eigenvalue weighted by molar-refractivity contribution is 0.0746. The highest BCUT2D eigenvalue weighted by molar-refractivity contribution is 7.89. The molecular formula is C24H23ClN4O3S. The lowest BCUT2D eigenvalue weighted by Crippen LogP contribution is -2.48. The number of carbonyl (C=O) groups excluding carboxylic acids is 1. The molecule has 33 heavy (non-hydrogen) atoms. The van der Waals surface area contributed by atoms with Crippen LogP contribution in [0.2, 0.25) is 5.02 Å². The summed E-state index contributed by atoms with van der Waals surface area (Å²) in [7, 11) is -3.61. The lowest BCUT2D eigenvalue weighted by Gasteiger charge is -2.36. The molecule has 9 heteroatoms. The lowest BCUT2D eigenvalue weighted by atomic mass is 10.1. The maximum atomic E-state index is 13.0. The Balaban J connectivity index is 1.25. The van der Waals surface area contributed by atoms with Gasteiger partial charge in [-0.2, -0.15) is 4.72 Å². The van der Waals surface area contributed by atoms with Crippen LogP contribution in [-0.2, 0) is 10.0 Å². The van der Waals surface area contributed by atoms with Crippen molar-refractivity contribution in [3.05, 3.63) is 88.9 Å². The molecule has 1 atom stereocenters. The van der Waals surface area contributed by atoms with E-state index in [4.69, 9.17) is 11.6 Å². The van der Waals surface area contributed by atoms with Gasteiger partial charge in [0.25, 0.3) is 5.91 Å². The number of anilines is 2. The molecule has 2 aliphatic heterocycles. The number of hydrogen-bond donors (Lipinski definition) is 2. The third-order valence-corrected chi connectivity index (χ3v) is 7.70. The standard InChI is InChI=1S/C24H23ClN4O3S/c25-19-4-3-5-20(16-19)28-12-14-29(15-13-28)24(30)18-10-8-17(9-11-18)23-26-21-6-1-2-7-22(21)33(31,32)27-23/h1-11,16,23,26-27H,12-15H2/t23-/m0/s1. The number of sulfonamides is 1. The van der Waals surface area contributed by atoms with Crippen LogP contribution in [-0.4, -0.2) is 45.4 Å². The molecule has 2 heterocycles. The van der Waals surface area contributed by atoms with Gasteiger partial charge >= 0.3 is 0 Å². The molecule has 1 amide bonds. The summed E-state index contributed by atoms with van der Waals surface area (Å²) in [5.74, 6) is -0.0326. The first kappa shape index (κ1) is 21.8. The van der Waals surface area contributed by atoms with E-state index in [1.54, 1.807) is 48.5 Å². The average Bonchev–Trinajstić information content (AvgIpc) is 2.83. The minimum Gasteiger partial charge on any atom is -0.368 e. The first-order valence-electron chi connectivity index (χ1n) is 10.7. The van der Waals surface area contributed by atoms with Crippen molar-refractivity contribution in [1.82, 2.24) is 9.62 Å². The van der Waals surface area contributed by atoms with Crippen LogP contribution in [0.5, 0.6) is 0 Å². The molecule has 170 valence electrons. The molecule has 2 aliphatic rings. The van der Waals surface area contributed by atoms with Crippen molar-refractivity contribution < 1.29 is 13.2 Å². The Morgan fingerprint density at radius 3 is 2.36 bits per heavy atom. The summed E-state index contributed by atoms with van der Waals surface area (Å²) in [5, 5.41) is 3.90. The van der Waals surface area contributed by atoms with Gasteiger partial charge in [0.05, 0.1) is 5.69 Å². The van der Waals surface area contributed by atoms with Crippen molar-refractivity contribution in [1.29, 1.82) is 0 Å². The van der Waals surface area contributed by atoms with E-state index in [0.717, 1.165) is 24.3 Å². The fourth-order valence-corrected chi connectivity index (χ4v) is 5.71. The van der Waals surface area contributed by atoms with Gasteiger partial charge in [-0.15, -0.1) is 0 Å². The highest BCUT2D eigenvalue weighted by Gasteiger charge is 2.30. The quantitative estimate of drug-likeness (QED) is 0.595. The first-order valence-corrected chi connectivity index (χ1v) is 12.5. The number of carbonyl (C=O) groups is 1. The number of hydrogen-bond acceptors (Lipinski definition) is 5. The monoisotopic (exact) mass is 482 g/mol. The van der Waals surface area contributed by atoms with Crippen molar-refractivity contribution in [2.24, 2.45) is 0 Å². The highest BCUT2D eigenvalue weighted by Crippen LogP contribution is 2.31. The van der Waals surface area contributed by atoms with Crippen LogP contribution >= 0.6 is 11.6 Å². The fraction of sp³-hybridized carbons (Fsp3) is 0.208. The Bertz CT molecular complexity index is 1290. The summed E-state index contributed by atoms with van der Waals surface area (Å²) in [6, 6.07) is 21.6. The maximum Gasteiger partial charge on any atom is 0.253 e. The number of fused-ring (bicyclic) bond motifs is 1. The van der Waals surface area contributed by atoms with Gasteiger partial charge in [-0.3, -0.25) is 4.79 Å². The van der Waals surface area contributed by atoms with Gasteiger partial charge in [-0.05, 0) is 48.0 Å². The van der Waals surface area contributed by atoms with Crippen molar-refractivity contribution in [3.8, 4) is 0 Å². The van der Waals surface area contributed by atoms with E-state index in [1.165, 1.54) is 0 Å². The predicted octanol–water partition coefficient (Wildman–Crippen LogP) is 3.71. The van der Waals surface area contributed by atoms with Crippen LogP contribution in [0.15, 0.2) is 77.7 Å². The van der Waals surface area contributed by atoms with E-state index in [9.17, 15) is 13.2 Å². The normalized spacial score (nSPS) is 19.5. The van der Waals surface area contributed by atoms with Crippen molar-refractivity contribution in [3.63, 3.8) is 0 Å². The Morgan fingerprint density at radius 2 is 1.64 bits per heavy atom. The number of para-hydroxylation sites is 1. The Morgan fingerprint density at radius 1 is 0.909 bits per heavy atom. The summed E-state index contributed by atoms with van der Waals surface area (Å²) in [6.45, 7) is 2.70. The summed E-state index contributed by atoms with van der Waals surface area (Å²) in [5.41, 5.74) is 2.92. The number of nitrogens with one attached hydrogen (secondary N) is 2. The van der Waals surface area contributed by atoms with Crippen LogP contribution in [0.4, 0.5) is 11.4 Å². The molecule has 0 radical (unpaired) electrons. The number of rotatable bonds is 3. The predicted molar refractivity (Wildman–Crippen MR) is 129 cm³/mol. The molecule has 0 unspecified atom stereocenters. The van der Waals surface area contributed by atoms with E-state index in [1.807, 2.05) is 29.2 Å². The SMILES string of the molecule is O=C(c1ccc([C@H]2Nc3ccccc3S(=O)(=O)N2)cc1)N1CCN(c2cccc(Cl)c2)CC1. The summed E-state index contributed by atoms with van der Waals surface area (Å²) in [4.78, 5) is 17.3. The Kier molecular flexibility index (Phi) is 5.74. The molecule has 0 aliphatic carbocycles. The third-order valence-electron chi connectivity index (χ3n) is 5.98. The molecule has 5 rings (SSSR count). The summed E-state index contributed by atoms with van der Waals surface area (Å²) < 4.78 is 27.8. The molecule has 3 aromatic rings. The molecule has 1 fully saturated rings. The van der Waals surface area contributed by atoms with Crippen LogP contribution < -0.4 is 14.9 Å². The van der Waals surface area contributed by atoms with E-state index in [0.29, 0.717) is 29.4 Å². The van der Waals surface area contributed by atoms with Crippen LogP contribution in [0.1, 0.15) is 22.1 Å². The number of nitrogens with zero attached hydrogens (tertiary/aromatic N) is 2. The summed E-state index contributed by atoms with van der Waals surface area (Å²) >= 11 is 6.10. The molecule has 0 spiro atoms. The van der Waals surface area contributed by atoms with Gasteiger partial charge in [-0.25, -0.2) is 8.42 Å². The molecule has 0 saturated carbocycles. The smallest absolute Gasteiger partial charge is 0.253 e. The van der Waals surface area contributed by atoms with Gasteiger partial charge in [0, 0.05) is 42.5 Å². The van der Waals surface area contributed by atoms with E-state index < -0.39 is 16.2 Å². The topological polar surface area (TPSA) is 81.7 Å². The van der Waals surface area contributed by atoms with Crippen LogP contribution in [0.25, 0.3) is 0 Å². The Labute approximate surface area is 198 Å². The minimum atomic E-state index is -3.61. The largest absolute Gasteiger partial charge is 0.368 e. The molecule has 7 nitrogen and oxygen atoms in total. The van der Waals surface area contributed by atoms with Gasteiger partial charge in [0.1, 0.15) is 11.1 Å². The second-order valence-corrected chi connectivity index (χ2v) is 10.2. The molecule has 2 N–H and O–H groups in total. The van der Waals surface area contributed by atoms with E-state index in [2.05, 4.69) is 14.9 Å². The number of piperazine rings is 1. The van der Waals surface area contributed by atoms with Gasteiger partial charge in [0.15, 0.2) is 0 Å². The van der Waals surface area contributed by atoms with Crippen molar-refractivity contribution in [2.75, 3.05) is 36.4 Å². The fourth-order valence-electron chi connectivity index (χ4n) is 4.22. The van der Waals surface area contributed by atoms with Gasteiger partial charge in [-0.1, -0.05) is 41.9 Å². The molecule has 3 aromatic carbocycles. The molecule has 1 saturated heterocycles. The van der Waals surface area contributed by atoms with Crippen molar-refractivity contribution in [2.45, 2.75) is 11.1 Å². The molecular weight excluding hydrogens is 460 g/mol. The van der Waals surface area contributed by atoms with Crippen LogP contribution in [0, 0.1) is 0 Å². The van der Waals surface area contributed by atoms with Crippen molar-refractivity contribution >= 4 is 38.9 Å². The van der Waals surface area contributed by atoms with E-state index >= 15 is 0 Å². The third kappa shape index (κ3) is 4.42. The number of halogens is 1. The zero-order valence-corrected chi connectivity index (χ0v) is 19.3. The highest BCUT2D eigenvalue weighted by atomic mass is 35.5. The number of benzene rings is 3. The van der Waals surface area contributed by atoms with Gasteiger partial charge < -0.3 is 15.1 Å². The number of amides is 1. The molecule has 0 aromatic heterocycles. The second-order valence-electron chi connectivity index (χ2n) is 8.08. The maximum absolute atomic E-state index is 13.0. The van der Waals surface area contributed by atoms with E-state index in [-0.39, 0.29) is 10.8 Å². The first-order chi connectivity index (χ1) is 15.9. The Hall–Kier alpha value is -3.07. The molecule has 0 bridgehead atoms. The second kappa shape index (κ2) is 8.70. The summed E-state index contributed by atoms with van der Waals surface area (Å²) in [6.07, 6.45) is -0.602.